The second-order valence-electron chi connectivity index (χ2n) is 10.1. The standard InChI is InChI=1S/C34H31NO4P/c1-25(26-18-19-28-23-29(38-2)21-20-27(28)22-26)33(36)39-35-24-34(35,37)40(30-12-6-3-7-13-30,31-14-8-4-9-15-31)32-16-10-5-11-17-32/h3-23,25,37H,24H2,1-2H3/q+1/t25-,34?,35?/m0/s1. The van der Waals surface area contributed by atoms with Crippen LogP contribution in [0.15, 0.2) is 127 Å². The van der Waals surface area contributed by atoms with Crippen LogP contribution in [-0.2, 0) is 9.63 Å². The summed E-state index contributed by atoms with van der Waals surface area (Å²) in [5.74, 6) is -0.138. The molecule has 6 rings (SSSR count). The van der Waals surface area contributed by atoms with E-state index in [4.69, 9.17) is 9.57 Å². The maximum atomic E-state index is 13.5. The topological polar surface area (TPSA) is 58.8 Å². The zero-order valence-corrected chi connectivity index (χ0v) is 23.4. The summed E-state index contributed by atoms with van der Waals surface area (Å²) in [4.78, 5) is 19.4. The number of aliphatic hydroxyl groups is 1. The van der Waals surface area contributed by atoms with Crippen LogP contribution in [0.3, 0.4) is 0 Å². The second-order valence-corrected chi connectivity index (χ2v) is 13.7. The largest absolute Gasteiger partial charge is 0.497 e. The maximum absolute atomic E-state index is 13.5. The fraction of sp³-hybridized carbons (Fsp3) is 0.147. The number of carbonyl (C=O) groups excluding carboxylic acids is 1. The number of fused-ring (bicyclic) bond motifs is 1. The van der Waals surface area contributed by atoms with Crippen molar-refractivity contribution >= 4 is 39.9 Å². The fourth-order valence-electron chi connectivity index (χ4n) is 5.52. The molecule has 0 amide bonds. The zero-order valence-electron chi connectivity index (χ0n) is 22.5. The van der Waals surface area contributed by atoms with Gasteiger partial charge in [0.1, 0.15) is 28.2 Å². The van der Waals surface area contributed by atoms with Crippen molar-refractivity contribution in [3.8, 4) is 5.75 Å². The molecule has 200 valence electrons. The van der Waals surface area contributed by atoms with Gasteiger partial charge >= 0.3 is 5.97 Å². The predicted molar refractivity (Wildman–Crippen MR) is 162 cm³/mol. The lowest BCUT2D eigenvalue weighted by molar-refractivity contribution is -0.177. The summed E-state index contributed by atoms with van der Waals surface area (Å²) < 4.78 is 5.33. The molecule has 1 N–H and O–H groups in total. The van der Waals surface area contributed by atoms with E-state index in [0.717, 1.165) is 38.0 Å². The number of rotatable bonds is 8. The fourth-order valence-corrected chi connectivity index (χ4v) is 10.2. The number of methoxy groups -OCH3 is 1. The highest BCUT2D eigenvalue weighted by atomic mass is 31.2. The van der Waals surface area contributed by atoms with E-state index in [1.807, 2.05) is 97.9 Å². The molecule has 1 heterocycles. The molecule has 6 heteroatoms. The van der Waals surface area contributed by atoms with Crippen LogP contribution < -0.4 is 20.7 Å². The summed E-state index contributed by atoms with van der Waals surface area (Å²) in [5, 5.41) is 19.0. The molecule has 5 aromatic carbocycles. The van der Waals surface area contributed by atoms with E-state index >= 15 is 0 Å². The van der Waals surface area contributed by atoms with Crippen molar-refractivity contribution in [2.45, 2.75) is 18.3 Å². The highest BCUT2D eigenvalue weighted by Gasteiger charge is 2.77. The van der Waals surface area contributed by atoms with Gasteiger partial charge in [-0.1, -0.05) is 83.9 Å². The Kier molecular flexibility index (Phi) is 6.89. The summed E-state index contributed by atoms with van der Waals surface area (Å²) in [6, 6.07) is 42.1. The van der Waals surface area contributed by atoms with Gasteiger partial charge in [-0.15, -0.1) is 0 Å². The van der Waals surface area contributed by atoms with Gasteiger partial charge in [-0.3, -0.25) is 0 Å². The molecular weight excluding hydrogens is 517 g/mol. The molecule has 2 unspecified atom stereocenters. The van der Waals surface area contributed by atoms with E-state index in [0.29, 0.717) is 0 Å². The Labute approximate surface area is 234 Å². The molecule has 5 aromatic rings. The first kappa shape index (κ1) is 26.2. The first-order chi connectivity index (χ1) is 19.5. The predicted octanol–water partition coefficient (Wildman–Crippen LogP) is 5.37. The number of benzene rings is 5. The minimum atomic E-state index is -2.69. The van der Waals surface area contributed by atoms with Crippen molar-refractivity contribution in [2.24, 2.45) is 0 Å². The highest BCUT2D eigenvalue weighted by Crippen LogP contribution is 2.71. The van der Waals surface area contributed by atoms with Crippen LogP contribution in [0.4, 0.5) is 0 Å². The van der Waals surface area contributed by atoms with Crippen molar-refractivity contribution in [1.29, 1.82) is 0 Å². The lowest BCUT2D eigenvalue weighted by atomic mass is 9.98. The van der Waals surface area contributed by atoms with Crippen LogP contribution in [-0.4, -0.2) is 35.3 Å². The van der Waals surface area contributed by atoms with Crippen LogP contribution in [0.2, 0.25) is 0 Å². The molecule has 0 radical (unpaired) electrons. The molecule has 0 bridgehead atoms. The van der Waals surface area contributed by atoms with Gasteiger partial charge in [0, 0.05) is 0 Å². The van der Waals surface area contributed by atoms with Crippen molar-refractivity contribution in [3.63, 3.8) is 0 Å². The van der Waals surface area contributed by atoms with Gasteiger partial charge in [0.25, 0.3) is 5.47 Å². The number of β-amino-alcohol motifs (C(OH)–C–C–N with tert-alkyl or cyclic N) is 1. The van der Waals surface area contributed by atoms with E-state index in [2.05, 4.69) is 36.4 Å². The van der Waals surface area contributed by atoms with Gasteiger partial charge in [-0.2, -0.15) is 0 Å². The Morgan fingerprint density at radius 2 is 1.27 bits per heavy atom. The van der Waals surface area contributed by atoms with E-state index in [-0.39, 0.29) is 6.54 Å². The van der Waals surface area contributed by atoms with E-state index in [1.54, 1.807) is 7.11 Å². The number of ether oxygens (including phenoxy) is 1. The normalized spacial score (nSPS) is 19.1. The van der Waals surface area contributed by atoms with Crippen LogP contribution in [0, 0.1) is 0 Å². The van der Waals surface area contributed by atoms with Gasteiger partial charge in [-0.05, 0) is 71.8 Å². The van der Waals surface area contributed by atoms with Gasteiger partial charge in [0.05, 0.1) is 13.0 Å². The Morgan fingerprint density at radius 1 is 0.775 bits per heavy atom. The molecule has 3 atom stereocenters. The number of hydrogen-bond acceptors (Lipinski definition) is 5. The Morgan fingerprint density at radius 3 is 1.80 bits per heavy atom. The van der Waals surface area contributed by atoms with Crippen LogP contribution >= 0.6 is 7.26 Å². The number of hydroxylamine groups is 2. The minimum absolute atomic E-state index is 0.218. The average Bonchev–Trinajstić information content (AvgIpc) is 3.67. The first-order valence-corrected chi connectivity index (χ1v) is 15.1. The van der Waals surface area contributed by atoms with Gasteiger partial charge in [0.2, 0.25) is 0 Å². The molecule has 1 fully saturated rings. The summed E-state index contributed by atoms with van der Waals surface area (Å²) in [5.41, 5.74) is -0.532. The molecule has 0 aromatic heterocycles. The molecule has 0 spiro atoms. The third-order valence-corrected chi connectivity index (χ3v) is 12.4. The zero-order chi connectivity index (χ0) is 27.7. The Balaban J connectivity index is 1.35. The van der Waals surface area contributed by atoms with Crippen molar-refractivity contribution in [3.05, 3.63) is 133 Å². The third-order valence-electron chi connectivity index (χ3n) is 7.74. The second kappa shape index (κ2) is 10.5. The third kappa shape index (κ3) is 4.37. The summed E-state index contributed by atoms with van der Waals surface area (Å²) in [6.07, 6.45) is 0. The van der Waals surface area contributed by atoms with Gasteiger partial charge < -0.3 is 14.7 Å². The van der Waals surface area contributed by atoms with Crippen LogP contribution in [0.1, 0.15) is 18.4 Å². The minimum Gasteiger partial charge on any atom is -0.497 e. The molecule has 1 aliphatic rings. The van der Waals surface area contributed by atoms with Crippen molar-refractivity contribution in [2.75, 3.05) is 13.7 Å². The summed E-state index contributed by atoms with van der Waals surface area (Å²) >= 11 is 0. The van der Waals surface area contributed by atoms with E-state index in [9.17, 15) is 9.90 Å². The SMILES string of the molecule is COc1ccc2cc([C@H](C)C(=O)ON3CC3(O)[P+](c3ccccc3)(c3ccccc3)c3ccccc3)ccc2c1. The summed E-state index contributed by atoms with van der Waals surface area (Å²) in [7, 11) is -1.04. The molecule has 1 aliphatic heterocycles. The van der Waals surface area contributed by atoms with Crippen LogP contribution in [0.25, 0.3) is 10.8 Å². The van der Waals surface area contributed by atoms with Gasteiger partial charge in [0.15, 0.2) is 7.26 Å². The Hall–Kier alpha value is -4.02. The number of nitrogens with zero attached hydrogens (tertiary/aromatic N) is 1. The van der Waals surface area contributed by atoms with Crippen molar-refractivity contribution < 1.29 is 19.5 Å². The van der Waals surface area contributed by atoms with Gasteiger partial charge in [-0.25, -0.2) is 4.79 Å². The molecular formula is C34H31NO4P+. The number of carbonyl (C=O) groups is 1. The van der Waals surface area contributed by atoms with E-state index < -0.39 is 24.6 Å². The molecule has 0 saturated carbocycles. The van der Waals surface area contributed by atoms with Crippen molar-refractivity contribution in [1.82, 2.24) is 5.06 Å². The van der Waals surface area contributed by atoms with E-state index in [1.165, 1.54) is 5.06 Å². The lowest BCUT2D eigenvalue weighted by Crippen LogP contribution is -2.43. The monoisotopic (exact) mass is 548 g/mol. The number of hydrogen-bond donors (Lipinski definition) is 1. The van der Waals surface area contributed by atoms with Crippen LogP contribution in [0.5, 0.6) is 5.75 Å². The molecule has 40 heavy (non-hydrogen) atoms. The average molecular weight is 549 g/mol. The highest BCUT2D eigenvalue weighted by molar-refractivity contribution is 7.97. The maximum Gasteiger partial charge on any atom is 0.332 e. The first-order valence-electron chi connectivity index (χ1n) is 13.3. The summed E-state index contributed by atoms with van der Waals surface area (Å²) in [6.45, 7) is 2.05. The Bertz CT molecular complexity index is 1550. The lowest BCUT2D eigenvalue weighted by Gasteiger charge is -2.31. The smallest absolute Gasteiger partial charge is 0.332 e. The molecule has 0 aliphatic carbocycles. The molecule has 1 saturated heterocycles. The molecule has 5 nitrogen and oxygen atoms in total. The quantitative estimate of drug-likeness (QED) is 0.209.